The third-order valence-electron chi connectivity index (χ3n) is 2.18. The molecule has 5 heteroatoms. The first kappa shape index (κ1) is 12.7. The molecule has 88 valence electrons. The summed E-state index contributed by atoms with van der Waals surface area (Å²) in [5, 5.41) is -0.535. The Bertz CT molecular complexity index is 492. The quantitative estimate of drug-likeness (QED) is 0.820. The number of rotatable bonds is 4. The third kappa shape index (κ3) is 2.82. The van der Waals surface area contributed by atoms with Crippen molar-refractivity contribution in [1.82, 2.24) is 0 Å². The van der Waals surface area contributed by atoms with Crippen molar-refractivity contribution in [3.05, 3.63) is 29.8 Å². The lowest BCUT2D eigenvalue weighted by atomic mass is 10.1. The summed E-state index contributed by atoms with van der Waals surface area (Å²) in [5.74, 6) is -0.165. The molecule has 1 aromatic rings. The van der Waals surface area contributed by atoms with Crippen LogP contribution in [0.1, 0.15) is 31.1 Å². The molecular weight excluding hydrogens is 226 g/mol. The standard InChI is InChI=1S/C11H15NO3S/c1-8(2)16(14,15)12-11-7-5-4-6-10(11)9(3)13/h4-8,12H,1-3H3. The predicted octanol–water partition coefficient (Wildman–Crippen LogP) is 2.04. The molecule has 0 aliphatic rings. The predicted molar refractivity (Wildman–Crippen MR) is 64.1 cm³/mol. The molecule has 0 heterocycles. The van der Waals surface area contributed by atoms with Crippen molar-refractivity contribution in [3.63, 3.8) is 0 Å². The van der Waals surface area contributed by atoms with Gasteiger partial charge in [0.05, 0.1) is 10.9 Å². The van der Waals surface area contributed by atoms with E-state index in [4.69, 9.17) is 0 Å². The Morgan fingerprint density at radius 3 is 2.31 bits per heavy atom. The minimum atomic E-state index is -3.41. The smallest absolute Gasteiger partial charge is 0.235 e. The van der Waals surface area contributed by atoms with Gasteiger partial charge in [-0.3, -0.25) is 9.52 Å². The van der Waals surface area contributed by atoms with Gasteiger partial charge in [0.1, 0.15) is 0 Å². The fraction of sp³-hybridized carbons (Fsp3) is 0.364. The lowest BCUT2D eigenvalue weighted by Crippen LogP contribution is -2.23. The van der Waals surface area contributed by atoms with Crippen molar-refractivity contribution in [2.75, 3.05) is 4.72 Å². The molecule has 0 aromatic heterocycles. The van der Waals surface area contributed by atoms with Gasteiger partial charge in [-0.05, 0) is 32.9 Å². The highest BCUT2D eigenvalue weighted by Gasteiger charge is 2.17. The van der Waals surface area contributed by atoms with E-state index in [0.29, 0.717) is 11.3 Å². The van der Waals surface area contributed by atoms with E-state index in [1.807, 2.05) is 0 Å². The molecule has 0 fully saturated rings. The van der Waals surface area contributed by atoms with Crippen molar-refractivity contribution < 1.29 is 13.2 Å². The number of carbonyl (C=O) groups is 1. The molecule has 0 radical (unpaired) electrons. The zero-order chi connectivity index (χ0) is 12.3. The minimum Gasteiger partial charge on any atom is -0.294 e. The average Bonchev–Trinajstić information content (AvgIpc) is 2.17. The van der Waals surface area contributed by atoms with E-state index >= 15 is 0 Å². The summed E-state index contributed by atoms with van der Waals surface area (Å²) >= 11 is 0. The van der Waals surface area contributed by atoms with Crippen LogP contribution in [0.3, 0.4) is 0 Å². The summed E-state index contributed by atoms with van der Waals surface area (Å²) in [6.45, 7) is 4.57. The van der Waals surface area contributed by atoms with Crippen LogP contribution in [0.25, 0.3) is 0 Å². The van der Waals surface area contributed by atoms with E-state index in [1.54, 1.807) is 38.1 Å². The Kier molecular flexibility index (Phi) is 3.70. The Morgan fingerprint density at radius 1 is 1.25 bits per heavy atom. The highest BCUT2D eigenvalue weighted by Crippen LogP contribution is 2.18. The lowest BCUT2D eigenvalue weighted by molar-refractivity contribution is 0.101. The van der Waals surface area contributed by atoms with Crippen molar-refractivity contribution in [2.45, 2.75) is 26.0 Å². The molecule has 1 N–H and O–H groups in total. The van der Waals surface area contributed by atoms with Crippen LogP contribution in [0.4, 0.5) is 5.69 Å². The molecule has 1 rings (SSSR count). The van der Waals surface area contributed by atoms with Gasteiger partial charge in [-0.2, -0.15) is 0 Å². The molecule has 0 amide bonds. The molecule has 0 aliphatic heterocycles. The second-order valence-corrected chi connectivity index (χ2v) is 6.03. The average molecular weight is 241 g/mol. The SMILES string of the molecule is CC(=O)c1ccccc1NS(=O)(=O)C(C)C. The van der Waals surface area contributed by atoms with Gasteiger partial charge < -0.3 is 0 Å². The van der Waals surface area contributed by atoms with E-state index in [-0.39, 0.29) is 5.78 Å². The first-order valence-electron chi connectivity index (χ1n) is 4.96. The largest absolute Gasteiger partial charge is 0.294 e. The second-order valence-electron chi connectivity index (χ2n) is 3.80. The molecule has 0 unspecified atom stereocenters. The Labute approximate surface area is 95.7 Å². The fourth-order valence-electron chi connectivity index (χ4n) is 1.15. The number of anilines is 1. The van der Waals surface area contributed by atoms with E-state index in [9.17, 15) is 13.2 Å². The monoisotopic (exact) mass is 241 g/mol. The number of ketones is 1. The number of sulfonamides is 1. The normalized spacial score (nSPS) is 11.5. The molecule has 0 saturated heterocycles. The Morgan fingerprint density at radius 2 is 1.81 bits per heavy atom. The van der Waals surface area contributed by atoms with Gasteiger partial charge in [-0.1, -0.05) is 12.1 Å². The first-order valence-corrected chi connectivity index (χ1v) is 6.51. The molecule has 16 heavy (non-hydrogen) atoms. The van der Waals surface area contributed by atoms with Gasteiger partial charge in [-0.25, -0.2) is 8.42 Å². The van der Waals surface area contributed by atoms with Crippen LogP contribution < -0.4 is 4.72 Å². The van der Waals surface area contributed by atoms with Crippen LogP contribution in [0.5, 0.6) is 0 Å². The van der Waals surface area contributed by atoms with Gasteiger partial charge in [0.2, 0.25) is 10.0 Å². The minimum absolute atomic E-state index is 0.165. The summed E-state index contributed by atoms with van der Waals surface area (Å²) in [5.41, 5.74) is 0.718. The van der Waals surface area contributed by atoms with Crippen LogP contribution in [-0.2, 0) is 10.0 Å². The van der Waals surface area contributed by atoms with E-state index in [1.165, 1.54) is 6.92 Å². The molecule has 0 saturated carbocycles. The van der Waals surface area contributed by atoms with Crippen LogP contribution in [0.15, 0.2) is 24.3 Å². The molecule has 4 nitrogen and oxygen atoms in total. The maximum atomic E-state index is 11.7. The zero-order valence-corrected chi connectivity index (χ0v) is 10.3. The number of hydrogen-bond acceptors (Lipinski definition) is 3. The molecule has 0 aliphatic carbocycles. The second kappa shape index (κ2) is 4.65. The summed E-state index contributed by atoms with van der Waals surface area (Å²) < 4.78 is 25.7. The van der Waals surface area contributed by atoms with Gasteiger partial charge in [-0.15, -0.1) is 0 Å². The molecule has 1 aromatic carbocycles. The van der Waals surface area contributed by atoms with E-state index < -0.39 is 15.3 Å². The Hall–Kier alpha value is -1.36. The molecular formula is C11H15NO3S. The third-order valence-corrected chi connectivity index (χ3v) is 3.92. The lowest BCUT2D eigenvalue weighted by Gasteiger charge is -2.12. The first-order chi connectivity index (χ1) is 7.34. The van der Waals surface area contributed by atoms with Crippen molar-refractivity contribution in [3.8, 4) is 0 Å². The molecule has 0 atom stereocenters. The molecule has 0 bridgehead atoms. The van der Waals surface area contributed by atoms with Crippen LogP contribution in [0, 0.1) is 0 Å². The van der Waals surface area contributed by atoms with Gasteiger partial charge in [0.15, 0.2) is 5.78 Å². The summed E-state index contributed by atoms with van der Waals surface area (Å²) in [6, 6.07) is 6.56. The highest BCUT2D eigenvalue weighted by atomic mass is 32.2. The van der Waals surface area contributed by atoms with Gasteiger partial charge in [0, 0.05) is 5.56 Å². The van der Waals surface area contributed by atoms with Crippen LogP contribution in [0.2, 0.25) is 0 Å². The zero-order valence-electron chi connectivity index (χ0n) is 9.52. The number of nitrogens with one attached hydrogen (secondary N) is 1. The Balaban J connectivity index is 3.12. The summed E-state index contributed by atoms with van der Waals surface area (Å²) in [4.78, 5) is 11.3. The topological polar surface area (TPSA) is 63.2 Å². The maximum absolute atomic E-state index is 11.7. The van der Waals surface area contributed by atoms with E-state index in [0.717, 1.165) is 0 Å². The number of benzene rings is 1. The van der Waals surface area contributed by atoms with Crippen molar-refractivity contribution >= 4 is 21.5 Å². The number of hydrogen-bond donors (Lipinski definition) is 1. The highest BCUT2D eigenvalue weighted by molar-refractivity contribution is 7.93. The van der Waals surface area contributed by atoms with Crippen molar-refractivity contribution in [1.29, 1.82) is 0 Å². The van der Waals surface area contributed by atoms with Crippen LogP contribution >= 0.6 is 0 Å². The summed E-state index contributed by atoms with van der Waals surface area (Å²) in [7, 11) is -3.41. The summed E-state index contributed by atoms with van der Waals surface area (Å²) in [6.07, 6.45) is 0. The maximum Gasteiger partial charge on any atom is 0.235 e. The van der Waals surface area contributed by atoms with Crippen LogP contribution in [-0.4, -0.2) is 19.5 Å². The number of para-hydroxylation sites is 1. The van der Waals surface area contributed by atoms with Crippen molar-refractivity contribution in [2.24, 2.45) is 0 Å². The van der Waals surface area contributed by atoms with Gasteiger partial charge in [0.25, 0.3) is 0 Å². The van der Waals surface area contributed by atoms with E-state index in [2.05, 4.69) is 4.72 Å². The molecule has 0 spiro atoms. The fourth-order valence-corrected chi connectivity index (χ4v) is 1.87. The number of Topliss-reactive ketones (excluding diaryl/α,β-unsaturated/α-hetero) is 1. The number of carbonyl (C=O) groups excluding carboxylic acids is 1. The van der Waals surface area contributed by atoms with Gasteiger partial charge >= 0.3 is 0 Å².